The van der Waals surface area contributed by atoms with Crippen LogP contribution in [0.5, 0.6) is 0 Å². The van der Waals surface area contributed by atoms with Crippen LogP contribution in [-0.4, -0.2) is 4.57 Å². The van der Waals surface area contributed by atoms with E-state index in [1.807, 2.05) is 0 Å². The fourth-order valence-electron chi connectivity index (χ4n) is 5.52. The molecular weight excluding hydrogens is 366 g/mol. The first-order valence-electron chi connectivity index (χ1n) is 10.9. The van der Waals surface area contributed by atoms with E-state index >= 15 is 0 Å². The van der Waals surface area contributed by atoms with Crippen LogP contribution >= 0.6 is 0 Å². The van der Waals surface area contributed by atoms with Gasteiger partial charge in [-0.05, 0) is 90.4 Å². The van der Waals surface area contributed by atoms with E-state index in [1.54, 1.807) is 0 Å². The zero-order valence-corrected chi connectivity index (χ0v) is 16.5. The minimum absolute atomic E-state index is 0.984. The van der Waals surface area contributed by atoms with Gasteiger partial charge in [-0.25, -0.2) is 0 Å². The van der Waals surface area contributed by atoms with Gasteiger partial charge in [-0.15, -0.1) is 0 Å². The van der Waals surface area contributed by atoms with E-state index in [0.717, 1.165) is 11.2 Å². The Morgan fingerprint density at radius 3 is 1.87 bits per heavy atom. The Morgan fingerprint density at radius 1 is 0.533 bits per heavy atom. The molecule has 2 nitrogen and oxygen atoms in total. The largest absolute Gasteiger partial charge is 0.456 e. The van der Waals surface area contributed by atoms with Crippen molar-refractivity contribution in [2.24, 2.45) is 0 Å². The third kappa shape index (κ3) is 1.80. The molecule has 0 atom stereocenters. The summed E-state index contributed by atoms with van der Waals surface area (Å²) in [6.07, 6.45) is 4.77. The van der Waals surface area contributed by atoms with Crippen LogP contribution in [0.25, 0.3) is 49.4 Å². The molecule has 0 amide bonds. The van der Waals surface area contributed by atoms with Crippen molar-refractivity contribution >= 4 is 43.7 Å². The van der Waals surface area contributed by atoms with Gasteiger partial charge in [-0.1, -0.05) is 18.2 Å². The van der Waals surface area contributed by atoms with Gasteiger partial charge in [0.2, 0.25) is 0 Å². The summed E-state index contributed by atoms with van der Waals surface area (Å²) < 4.78 is 8.77. The summed E-state index contributed by atoms with van der Waals surface area (Å²) in [5, 5.41) is 5.17. The average molecular weight is 385 g/mol. The number of para-hydroxylation sites is 1. The van der Waals surface area contributed by atoms with Gasteiger partial charge < -0.3 is 8.98 Å². The van der Waals surface area contributed by atoms with E-state index in [1.165, 1.54) is 86.2 Å². The van der Waals surface area contributed by atoms with Gasteiger partial charge in [0.1, 0.15) is 11.2 Å². The minimum atomic E-state index is 0.984. The van der Waals surface area contributed by atoms with Crippen molar-refractivity contribution in [1.82, 2.24) is 4.57 Å². The summed E-state index contributed by atoms with van der Waals surface area (Å²) in [5.41, 5.74) is 11.7. The predicted octanol–water partition coefficient (Wildman–Crippen LogP) is 6.88. The van der Waals surface area contributed by atoms with Crippen LogP contribution in [0.4, 0.5) is 0 Å². The highest BCUT2D eigenvalue weighted by Crippen LogP contribution is 2.41. The van der Waals surface area contributed by atoms with Crippen molar-refractivity contribution in [1.29, 1.82) is 0 Å². The Hall–Kier alpha value is -3.52. The smallest absolute Gasteiger partial charge is 0.137 e. The van der Waals surface area contributed by atoms with E-state index in [0.29, 0.717) is 0 Å². The van der Waals surface area contributed by atoms with Crippen molar-refractivity contribution in [3.63, 3.8) is 0 Å². The van der Waals surface area contributed by atoms with Crippen LogP contribution in [0.15, 0.2) is 71.1 Å². The van der Waals surface area contributed by atoms with Gasteiger partial charge in [0, 0.05) is 33.3 Å². The molecule has 0 aliphatic heterocycles. The fourth-order valence-corrected chi connectivity index (χ4v) is 5.52. The molecule has 0 bridgehead atoms. The third-order valence-electron chi connectivity index (χ3n) is 7.34. The number of nitrogens with zero attached hydrogens (tertiary/aromatic N) is 1. The highest BCUT2D eigenvalue weighted by atomic mass is 16.3. The summed E-state index contributed by atoms with van der Waals surface area (Å²) in [6.45, 7) is 0. The van der Waals surface area contributed by atoms with Crippen molar-refractivity contribution in [2.45, 2.75) is 25.7 Å². The lowest BCUT2D eigenvalue weighted by atomic mass is 9.87. The van der Waals surface area contributed by atoms with Gasteiger partial charge >= 0.3 is 0 Å². The van der Waals surface area contributed by atoms with Crippen LogP contribution in [0.3, 0.4) is 0 Å². The number of aryl methyl sites for hydroxylation is 4. The second kappa shape index (κ2) is 5.14. The molecule has 2 aliphatic carbocycles. The highest BCUT2D eigenvalue weighted by Gasteiger charge is 2.22. The monoisotopic (exact) mass is 385 g/mol. The fraction of sp³-hybridized carbons (Fsp3) is 0.143. The first-order chi connectivity index (χ1) is 14.8. The number of benzene rings is 4. The molecule has 6 aromatic rings. The van der Waals surface area contributed by atoms with E-state index < -0.39 is 0 Å². The van der Waals surface area contributed by atoms with E-state index in [9.17, 15) is 0 Å². The second-order valence-corrected chi connectivity index (χ2v) is 8.89. The van der Waals surface area contributed by atoms with Crippen LogP contribution < -0.4 is 0 Å². The second-order valence-electron chi connectivity index (χ2n) is 8.89. The molecule has 2 heteroatoms. The maximum atomic E-state index is 6.36. The zero-order valence-electron chi connectivity index (χ0n) is 16.5. The molecule has 8 rings (SSSR count). The first kappa shape index (κ1) is 15.3. The van der Waals surface area contributed by atoms with Crippen LogP contribution in [-0.2, 0) is 25.7 Å². The van der Waals surface area contributed by atoms with E-state index in [2.05, 4.69) is 71.3 Å². The first-order valence-corrected chi connectivity index (χ1v) is 10.9. The van der Waals surface area contributed by atoms with Gasteiger partial charge in [0.05, 0.1) is 11.0 Å². The summed E-state index contributed by atoms with van der Waals surface area (Å²) in [6, 6.07) is 24.8. The van der Waals surface area contributed by atoms with Crippen molar-refractivity contribution in [2.75, 3.05) is 0 Å². The maximum Gasteiger partial charge on any atom is 0.137 e. The lowest BCUT2D eigenvalue weighted by Gasteiger charge is -2.19. The topological polar surface area (TPSA) is 18.1 Å². The Labute approximate surface area is 173 Å². The number of rotatable bonds is 1. The molecular formula is C28H19NO. The molecule has 4 aromatic carbocycles. The number of hydrogen-bond donors (Lipinski definition) is 0. The van der Waals surface area contributed by atoms with Crippen molar-refractivity contribution in [3.8, 4) is 5.69 Å². The van der Waals surface area contributed by atoms with E-state index in [-0.39, 0.29) is 0 Å². The Bertz CT molecular complexity index is 1680. The maximum absolute atomic E-state index is 6.36. The number of aromatic nitrogens is 1. The molecule has 0 radical (unpaired) electrons. The van der Waals surface area contributed by atoms with Crippen LogP contribution in [0.2, 0.25) is 0 Å². The Balaban J connectivity index is 1.56. The Kier molecular flexibility index (Phi) is 2.63. The molecule has 0 unspecified atom stereocenters. The third-order valence-corrected chi connectivity index (χ3v) is 7.34. The van der Waals surface area contributed by atoms with Crippen LogP contribution in [0.1, 0.15) is 22.3 Å². The van der Waals surface area contributed by atoms with Gasteiger partial charge in [0.15, 0.2) is 0 Å². The minimum Gasteiger partial charge on any atom is -0.456 e. The number of hydrogen-bond acceptors (Lipinski definition) is 1. The van der Waals surface area contributed by atoms with Crippen LogP contribution in [0, 0.1) is 0 Å². The lowest BCUT2D eigenvalue weighted by Crippen LogP contribution is -2.07. The van der Waals surface area contributed by atoms with Gasteiger partial charge in [-0.3, -0.25) is 0 Å². The average Bonchev–Trinajstić information content (AvgIpc) is 3.23. The molecule has 2 aliphatic rings. The number of furan rings is 1. The molecule has 0 saturated carbocycles. The van der Waals surface area contributed by atoms with Crippen molar-refractivity contribution in [3.05, 3.63) is 89.0 Å². The summed E-state index contributed by atoms with van der Waals surface area (Å²) in [7, 11) is 0. The molecule has 0 saturated heterocycles. The molecule has 142 valence electrons. The quantitative estimate of drug-likeness (QED) is 0.302. The Morgan fingerprint density at radius 2 is 1.10 bits per heavy atom. The number of fused-ring (bicyclic) bond motifs is 8. The molecule has 30 heavy (non-hydrogen) atoms. The van der Waals surface area contributed by atoms with Gasteiger partial charge in [0.25, 0.3) is 0 Å². The predicted molar refractivity (Wildman–Crippen MR) is 123 cm³/mol. The normalized spacial score (nSPS) is 14.8. The van der Waals surface area contributed by atoms with Crippen molar-refractivity contribution < 1.29 is 4.42 Å². The zero-order chi connectivity index (χ0) is 19.4. The molecule has 0 fully saturated rings. The molecule has 0 spiro atoms. The summed E-state index contributed by atoms with van der Waals surface area (Å²) in [4.78, 5) is 0. The molecule has 0 N–H and O–H groups in total. The molecule has 2 heterocycles. The SMILES string of the molecule is c1ccc(-n2c3cc4c(cc3c3cc5c(cc32)oc2cc3c(cc25)CC3)CC4)cc1. The summed E-state index contributed by atoms with van der Waals surface area (Å²) >= 11 is 0. The van der Waals surface area contributed by atoms with E-state index in [4.69, 9.17) is 4.42 Å². The standard InChI is InChI=1S/C28H19NO/c1-2-4-20(5-3-1)29-25-12-18-8-6-16(18)10-21(25)22-14-24-23-11-17-7-9-19(17)13-27(23)30-28(24)15-26(22)29/h1-5,10-15H,6-9H2. The summed E-state index contributed by atoms with van der Waals surface area (Å²) in [5.74, 6) is 0. The lowest BCUT2D eigenvalue weighted by molar-refractivity contribution is 0.666. The molecule has 2 aromatic heterocycles. The van der Waals surface area contributed by atoms with Gasteiger partial charge in [-0.2, -0.15) is 0 Å². The highest BCUT2D eigenvalue weighted by molar-refractivity contribution is 6.17.